The lowest BCUT2D eigenvalue weighted by atomic mass is 9.98. The molecule has 0 spiro atoms. The summed E-state index contributed by atoms with van der Waals surface area (Å²) in [5, 5.41) is 0. The van der Waals surface area contributed by atoms with E-state index >= 15 is 0 Å². The van der Waals surface area contributed by atoms with Crippen molar-refractivity contribution in [3.8, 4) is 5.75 Å². The maximum atomic E-state index is 12.4. The number of hydrogen-bond donors (Lipinski definition) is 0. The lowest BCUT2D eigenvalue weighted by molar-refractivity contribution is -0.0886. The van der Waals surface area contributed by atoms with Crippen LogP contribution in [-0.2, 0) is 0 Å². The van der Waals surface area contributed by atoms with Crippen LogP contribution in [0.2, 0.25) is 0 Å². The van der Waals surface area contributed by atoms with Crippen LogP contribution in [0.1, 0.15) is 31.1 Å². The second kappa shape index (κ2) is 5.00. The Morgan fingerprint density at radius 2 is 1.72 bits per heavy atom. The van der Waals surface area contributed by atoms with Gasteiger partial charge in [-0.2, -0.15) is 13.2 Å². The van der Waals surface area contributed by atoms with E-state index in [-0.39, 0.29) is 17.8 Å². The fraction of sp³-hybridized carbons (Fsp3) is 0.462. The topological polar surface area (TPSA) is 26.3 Å². The van der Waals surface area contributed by atoms with Crippen LogP contribution in [0, 0.1) is 5.41 Å². The average molecular weight is 260 g/mol. The molecule has 0 aliphatic carbocycles. The van der Waals surface area contributed by atoms with Gasteiger partial charge in [-0.3, -0.25) is 4.79 Å². The molecule has 0 unspecified atom stereocenters. The number of ether oxygens (including phenoxy) is 1. The van der Waals surface area contributed by atoms with Crippen molar-refractivity contribution < 1.29 is 22.7 Å². The molecular formula is C13H15F3O2. The number of ketones is 1. The third-order valence-corrected chi connectivity index (χ3v) is 2.05. The summed E-state index contributed by atoms with van der Waals surface area (Å²) >= 11 is 0. The van der Waals surface area contributed by atoms with Crippen molar-refractivity contribution in [1.82, 2.24) is 0 Å². The number of alkyl halides is 3. The highest BCUT2D eigenvalue weighted by Gasteiger charge is 2.40. The van der Waals surface area contributed by atoms with E-state index in [9.17, 15) is 18.0 Å². The molecule has 0 bridgehead atoms. The Morgan fingerprint density at radius 1 is 1.17 bits per heavy atom. The summed E-state index contributed by atoms with van der Waals surface area (Å²) in [7, 11) is 0. The van der Waals surface area contributed by atoms with E-state index in [0.29, 0.717) is 0 Å². The highest BCUT2D eigenvalue weighted by molar-refractivity contribution is 6.02. The zero-order valence-corrected chi connectivity index (χ0v) is 10.5. The van der Waals surface area contributed by atoms with Crippen molar-refractivity contribution in [3.63, 3.8) is 0 Å². The summed E-state index contributed by atoms with van der Waals surface area (Å²) in [4.78, 5) is 11.2. The fourth-order valence-corrected chi connectivity index (χ4v) is 1.23. The van der Waals surface area contributed by atoms with Gasteiger partial charge in [0, 0.05) is 0 Å². The molecule has 0 N–H and O–H groups in total. The van der Waals surface area contributed by atoms with E-state index in [1.807, 2.05) is 20.8 Å². The van der Waals surface area contributed by atoms with Gasteiger partial charge in [0.1, 0.15) is 5.75 Å². The molecule has 0 aromatic heterocycles. The largest absolute Gasteiger partial charge is 0.492 e. The van der Waals surface area contributed by atoms with E-state index < -0.39 is 17.5 Å². The normalized spacial score (nSPS) is 12.3. The molecule has 1 rings (SSSR count). The minimum Gasteiger partial charge on any atom is -0.492 e. The summed E-state index contributed by atoms with van der Waals surface area (Å²) in [6.45, 7) is 5.90. The van der Waals surface area contributed by atoms with Gasteiger partial charge in [0.15, 0.2) is 0 Å². The van der Waals surface area contributed by atoms with Gasteiger partial charge in [0.05, 0.1) is 12.2 Å². The second-order valence-electron chi connectivity index (χ2n) is 5.17. The quantitative estimate of drug-likeness (QED) is 0.771. The van der Waals surface area contributed by atoms with E-state index in [2.05, 4.69) is 0 Å². The van der Waals surface area contributed by atoms with Crippen LogP contribution in [0.3, 0.4) is 0 Å². The molecule has 0 fully saturated rings. The van der Waals surface area contributed by atoms with Gasteiger partial charge in [0.2, 0.25) is 0 Å². The minimum absolute atomic E-state index is 0.0326. The van der Waals surface area contributed by atoms with E-state index in [4.69, 9.17) is 4.74 Å². The number of hydrogen-bond acceptors (Lipinski definition) is 2. The molecule has 0 aliphatic rings. The van der Waals surface area contributed by atoms with Gasteiger partial charge in [0.25, 0.3) is 5.78 Å². The molecule has 0 radical (unpaired) electrons. The van der Waals surface area contributed by atoms with Crippen molar-refractivity contribution in [2.24, 2.45) is 5.41 Å². The summed E-state index contributed by atoms with van der Waals surface area (Å²) < 4.78 is 42.4. The Morgan fingerprint density at radius 3 is 2.22 bits per heavy atom. The standard InChI is InChI=1S/C13H15F3O2/c1-12(2,3)8-18-10-7-5-4-6-9(10)11(17)13(14,15)16/h4-7H,8H2,1-3H3. The van der Waals surface area contributed by atoms with Gasteiger partial charge in [-0.05, 0) is 17.5 Å². The molecule has 1 aromatic rings. The first-order valence-corrected chi connectivity index (χ1v) is 5.44. The summed E-state index contributed by atoms with van der Waals surface area (Å²) in [6.07, 6.45) is -4.89. The third-order valence-electron chi connectivity index (χ3n) is 2.05. The first-order chi connectivity index (χ1) is 8.11. The van der Waals surface area contributed by atoms with Crippen LogP contribution < -0.4 is 4.74 Å². The van der Waals surface area contributed by atoms with Crippen molar-refractivity contribution >= 4 is 5.78 Å². The Kier molecular flexibility index (Phi) is 4.04. The van der Waals surface area contributed by atoms with Gasteiger partial charge in [-0.1, -0.05) is 32.9 Å². The highest BCUT2D eigenvalue weighted by atomic mass is 19.4. The number of Topliss-reactive ketones (excluding diaryl/α,β-unsaturated/α-hetero) is 1. The maximum Gasteiger partial charge on any atom is 0.455 e. The Hall–Kier alpha value is -1.52. The summed E-state index contributed by atoms with van der Waals surface area (Å²) in [5.41, 5.74) is -0.650. The average Bonchev–Trinajstić information content (AvgIpc) is 2.23. The first kappa shape index (κ1) is 14.5. The highest BCUT2D eigenvalue weighted by Crippen LogP contribution is 2.28. The minimum atomic E-state index is -4.89. The summed E-state index contributed by atoms with van der Waals surface area (Å²) in [6, 6.07) is 5.40. The summed E-state index contributed by atoms with van der Waals surface area (Å²) in [5.74, 6) is -1.92. The van der Waals surface area contributed by atoms with Gasteiger partial charge < -0.3 is 4.74 Å². The van der Waals surface area contributed by atoms with Gasteiger partial charge >= 0.3 is 6.18 Å². The lowest BCUT2D eigenvalue weighted by Gasteiger charge is -2.20. The number of benzene rings is 1. The first-order valence-electron chi connectivity index (χ1n) is 5.44. The van der Waals surface area contributed by atoms with Crippen LogP contribution in [0.4, 0.5) is 13.2 Å². The van der Waals surface area contributed by atoms with Gasteiger partial charge in [-0.15, -0.1) is 0 Å². The van der Waals surface area contributed by atoms with Crippen LogP contribution >= 0.6 is 0 Å². The molecule has 18 heavy (non-hydrogen) atoms. The Balaban J connectivity index is 2.97. The van der Waals surface area contributed by atoms with Crippen molar-refractivity contribution in [1.29, 1.82) is 0 Å². The number of carbonyl (C=O) groups is 1. The van der Waals surface area contributed by atoms with E-state index in [1.54, 1.807) is 0 Å². The molecule has 5 heteroatoms. The number of carbonyl (C=O) groups excluding carboxylic acids is 1. The van der Waals surface area contributed by atoms with Crippen LogP contribution in [0.5, 0.6) is 5.75 Å². The molecule has 0 aliphatic heterocycles. The monoisotopic (exact) mass is 260 g/mol. The predicted molar refractivity (Wildman–Crippen MR) is 61.8 cm³/mol. The molecular weight excluding hydrogens is 245 g/mol. The number of para-hydroxylation sites is 1. The number of halogens is 3. The van der Waals surface area contributed by atoms with Crippen molar-refractivity contribution in [2.45, 2.75) is 26.9 Å². The molecule has 0 heterocycles. The third kappa shape index (κ3) is 4.05. The molecule has 1 aromatic carbocycles. The fourth-order valence-electron chi connectivity index (χ4n) is 1.23. The predicted octanol–water partition coefficient (Wildman–Crippen LogP) is 3.86. The SMILES string of the molecule is CC(C)(C)COc1ccccc1C(=O)C(F)(F)F. The zero-order valence-electron chi connectivity index (χ0n) is 10.5. The molecule has 0 amide bonds. The van der Waals surface area contributed by atoms with E-state index in [1.165, 1.54) is 18.2 Å². The van der Waals surface area contributed by atoms with Crippen LogP contribution in [0.15, 0.2) is 24.3 Å². The molecule has 2 nitrogen and oxygen atoms in total. The van der Waals surface area contributed by atoms with Crippen LogP contribution in [0.25, 0.3) is 0 Å². The molecule has 0 atom stereocenters. The second-order valence-corrected chi connectivity index (χ2v) is 5.17. The maximum absolute atomic E-state index is 12.4. The number of rotatable bonds is 3. The Labute approximate surface area is 104 Å². The zero-order chi connectivity index (χ0) is 14.0. The molecule has 0 saturated carbocycles. The van der Waals surface area contributed by atoms with Crippen molar-refractivity contribution in [3.05, 3.63) is 29.8 Å². The van der Waals surface area contributed by atoms with Gasteiger partial charge in [-0.25, -0.2) is 0 Å². The molecule has 100 valence electrons. The smallest absolute Gasteiger partial charge is 0.455 e. The molecule has 0 saturated heterocycles. The van der Waals surface area contributed by atoms with Crippen LogP contribution in [-0.4, -0.2) is 18.6 Å². The Bertz CT molecular complexity index is 431. The lowest BCUT2D eigenvalue weighted by Crippen LogP contribution is -2.24. The van der Waals surface area contributed by atoms with Crippen molar-refractivity contribution in [2.75, 3.05) is 6.61 Å². The van der Waals surface area contributed by atoms with E-state index in [0.717, 1.165) is 6.07 Å².